The van der Waals surface area contributed by atoms with Crippen LogP contribution < -0.4 is 16.6 Å². The summed E-state index contributed by atoms with van der Waals surface area (Å²) in [6.45, 7) is 0.735. The maximum atomic E-state index is 13.2. The third kappa shape index (κ3) is 4.31. The molecule has 0 unspecified atom stereocenters. The number of halogens is 1. The number of benzene rings is 2. The number of hydrogen-bond acceptors (Lipinski definition) is 6. The number of aryl methyl sites for hydroxylation is 1. The molecule has 2 aromatic carbocycles. The largest absolute Gasteiger partial charge is 0.351 e. The molecular weight excluding hydrogens is 502 g/mol. The Hall–Kier alpha value is -3.83. The normalized spacial score (nSPS) is 11.4. The van der Waals surface area contributed by atoms with E-state index in [-0.39, 0.29) is 11.7 Å². The lowest BCUT2D eigenvalue weighted by atomic mass is 10.2. The van der Waals surface area contributed by atoms with Crippen molar-refractivity contribution < 1.29 is 4.79 Å². The smallest absolute Gasteiger partial charge is 0.332 e. The van der Waals surface area contributed by atoms with Crippen molar-refractivity contribution in [2.24, 2.45) is 14.1 Å². The quantitative estimate of drug-likeness (QED) is 0.328. The van der Waals surface area contributed by atoms with Crippen LogP contribution in [0.2, 0.25) is 5.02 Å². The Labute approximate surface area is 214 Å². The van der Waals surface area contributed by atoms with E-state index >= 15 is 0 Å². The predicted octanol–water partition coefficient (Wildman–Crippen LogP) is 2.19. The molecule has 0 saturated carbocycles. The Balaban J connectivity index is 1.53. The number of carbonyl (C=O) groups is 1. The number of fused-ring (bicyclic) bond motifs is 3. The van der Waals surface area contributed by atoms with Crippen molar-refractivity contribution in [2.45, 2.75) is 18.2 Å². The van der Waals surface area contributed by atoms with Crippen molar-refractivity contribution in [3.05, 3.63) is 91.6 Å². The topological polar surface area (TPSA) is 108 Å². The first kappa shape index (κ1) is 23.9. The molecule has 3 heterocycles. The number of amides is 1. The van der Waals surface area contributed by atoms with E-state index in [1.165, 1.54) is 23.4 Å². The van der Waals surface area contributed by atoms with Crippen LogP contribution in [0.3, 0.4) is 0 Å². The fourth-order valence-electron chi connectivity index (χ4n) is 4.02. The van der Waals surface area contributed by atoms with Crippen molar-refractivity contribution in [2.75, 3.05) is 5.75 Å². The first-order valence-electron chi connectivity index (χ1n) is 11.1. The third-order valence-electron chi connectivity index (χ3n) is 5.87. The van der Waals surface area contributed by atoms with Crippen molar-refractivity contribution >= 4 is 46.2 Å². The summed E-state index contributed by atoms with van der Waals surface area (Å²) in [6, 6.07) is 16.9. The van der Waals surface area contributed by atoms with Gasteiger partial charge in [-0.3, -0.25) is 23.3 Å². The number of thioether (sulfide) groups is 1. The summed E-state index contributed by atoms with van der Waals surface area (Å²) >= 11 is 7.21. The summed E-state index contributed by atoms with van der Waals surface area (Å²) < 4.78 is 5.85. The third-order valence-corrected chi connectivity index (χ3v) is 7.05. The fourth-order valence-corrected chi connectivity index (χ4v) is 4.91. The Kier molecular flexibility index (Phi) is 6.42. The van der Waals surface area contributed by atoms with E-state index in [1.54, 1.807) is 28.1 Å². The number of nitrogens with one attached hydrogen (secondary N) is 1. The highest BCUT2D eigenvalue weighted by atomic mass is 35.5. The van der Waals surface area contributed by atoms with Gasteiger partial charge in [-0.15, -0.1) is 10.2 Å². The van der Waals surface area contributed by atoms with Gasteiger partial charge in [-0.1, -0.05) is 65.8 Å². The summed E-state index contributed by atoms with van der Waals surface area (Å²) in [5.74, 6) is 0.316. The van der Waals surface area contributed by atoms with Gasteiger partial charge < -0.3 is 5.32 Å². The average molecular weight is 524 g/mol. The van der Waals surface area contributed by atoms with Gasteiger partial charge in [-0.05, 0) is 23.3 Å². The van der Waals surface area contributed by atoms with Crippen molar-refractivity contribution in [3.8, 4) is 0 Å². The van der Waals surface area contributed by atoms with E-state index in [0.717, 1.165) is 15.7 Å². The fraction of sp³-hybridized carbons (Fsp3) is 0.208. The SMILES string of the molecule is Cn1c(=O)c2c(n(C)c1=O)n1c(SCC(=O)NCc3ccccc3)nnc1n2Cc1ccc(Cl)cc1. The maximum absolute atomic E-state index is 13.2. The first-order chi connectivity index (χ1) is 17.3. The molecule has 5 rings (SSSR count). The minimum absolute atomic E-state index is 0.0935. The molecule has 3 aromatic heterocycles. The van der Waals surface area contributed by atoms with Crippen LogP contribution in [-0.2, 0) is 32.0 Å². The minimum atomic E-state index is -0.469. The van der Waals surface area contributed by atoms with Gasteiger partial charge in [0.1, 0.15) is 0 Å². The zero-order chi connectivity index (χ0) is 25.4. The summed E-state index contributed by atoms with van der Waals surface area (Å²) in [5.41, 5.74) is 1.66. The molecule has 5 aromatic rings. The van der Waals surface area contributed by atoms with E-state index < -0.39 is 11.2 Å². The van der Waals surface area contributed by atoms with E-state index in [2.05, 4.69) is 15.5 Å². The van der Waals surface area contributed by atoms with Gasteiger partial charge in [-0.25, -0.2) is 9.20 Å². The van der Waals surface area contributed by atoms with Crippen LogP contribution in [0.1, 0.15) is 11.1 Å². The second-order valence-corrected chi connectivity index (χ2v) is 9.64. The molecule has 1 amide bonds. The number of carbonyl (C=O) groups excluding carboxylic acids is 1. The monoisotopic (exact) mass is 523 g/mol. The van der Waals surface area contributed by atoms with Crippen molar-refractivity contribution in [3.63, 3.8) is 0 Å². The predicted molar refractivity (Wildman–Crippen MR) is 139 cm³/mol. The number of nitrogens with zero attached hydrogens (tertiary/aromatic N) is 6. The summed E-state index contributed by atoms with van der Waals surface area (Å²) in [5, 5.41) is 12.5. The first-order valence-corrected chi connectivity index (χ1v) is 12.4. The zero-order valence-electron chi connectivity index (χ0n) is 19.5. The minimum Gasteiger partial charge on any atom is -0.351 e. The molecule has 1 N–H and O–H groups in total. The lowest BCUT2D eigenvalue weighted by molar-refractivity contribution is -0.118. The molecule has 0 saturated heterocycles. The number of rotatable bonds is 7. The molecular formula is C24H22ClN7O3S. The van der Waals surface area contributed by atoms with Gasteiger partial charge in [0.25, 0.3) is 5.56 Å². The van der Waals surface area contributed by atoms with Gasteiger partial charge >= 0.3 is 5.69 Å². The highest BCUT2D eigenvalue weighted by molar-refractivity contribution is 7.99. The Morgan fingerprint density at radius 3 is 2.42 bits per heavy atom. The van der Waals surface area contributed by atoms with Gasteiger partial charge in [0, 0.05) is 25.7 Å². The zero-order valence-corrected chi connectivity index (χ0v) is 21.1. The lowest BCUT2D eigenvalue weighted by Gasteiger charge is -2.08. The lowest BCUT2D eigenvalue weighted by Crippen LogP contribution is -2.37. The van der Waals surface area contributed by atoms with Gasteiger partial charge in [-0.2, -0.15) is 0 Å². The summed E-state index contributed by atoms with van der Waals surface area (Å²) in [4.78, 5) is 38.4. The molecule has 0 aliphatic carbocycles. The molecule has 0 bridgehead atoms. The molecule has 184 valence electrons. The van der Waals surface area contributed by atoms with Crippen LogP contribution in [0.15, 0.2) is 69.3 Å². The highest BCUT2D eigenvalue weighted by Crippen LogP contribution is 2.24. The van der Waals surface area contributed by atoms with E-state index in [1.807, 2.05) is 42.5 Å². The Morgan fingerprint density at radius 1 is 0.972 bits per heavy atom. The second-order valence-electron chi connectivity index (χ2n) is 8.26. The van der Waals surface area contributed by atoms with Crippen molar-refractivity contribution in [1.29, 1.82) is 0 Å². The molecule has 12 heteroatoms. The Morgan fingerprint density at radius 2 is 1.69 bits per heavy atom. The molecule has 10 nitrogen and oxygen atoms in total. The molecule has 0 radical (unpaired) electrons. The average Bonchev–Trinajstić information content (AvgIpc) is 3.44. The van der Waals surface area contributed by atoms with Gasteiger partial charge in [0.2, 0.25) is 11.7 Å². The molecule has 0 spiro atoms. The molecule has 36 heavy (non-hydrogen) atoms. The summed E-state index contributed by atoms with van der Waals surface area (Å²) in [6.07, 6.45) is 0. The number of imidazole rings is 1. The van der Waals surface area contributed by atoms with Crippen LogP contribution in [0.5, 0.6) is 0 Å². The van der Waals surface area contributed by atoms with Crippen LogP contribution >= 0.6 is 23.4 Å². The highest BCUT2D eigenvalue weighted by Gasteiger charge is 2.24. The molecule has 0 aliphatic rings. The number of hydrogen-bond donors (Lipinski definition) is 1. The Bertz CT molecular complexity index is 1700. The molecule has 0 atom stereocenters. The van der Waals surface area contributed by atoms with Gasteiger partial charge in [0.05, 0.1) is 12.3 Å². The maximum Gasteiger partial charge on any atom is 0.332 e. The van der Waals surface area contributed by atoms with Gasteiger partial charge in [0.15, 0.2) is 16.3 Å². The van der Waals surface area contributed by atoms with E-state index in [9.17, 15) is 14.4 Å². The van der Waals surface area contributed by atoms with Crippen molar-refractivity contribution in [1.82, 2.24) is 33.6 Å². The molecule has 0 fully saturated rings. The van der Waals surface area contributed by atoms with Crippen LogP contribution in [-0.4, -0.2) is 40.0 Å². The van der Waals surface area contributed by atoms with E-state index in [4.69, 9.17) is 11.6 Å². The number of aromatic nitrogens is 6. The second kappa shape index (κ2) is 9.67. The standard InChI is InChI=1S/C24H22ClN7O3S/c1-29-20-19(21(34)30(2)24(29)35)31(13-16-8-10-17(25)11-9-16)22-27-28-23(32(20)22)36-14-18(33)26-12-15-6-4-3-5-7-15/h3-11H,12-14H2,1-2H3,(H,26,33). The van der Waals surface area contributed by atoms with E-state index in [0.29, 0.717) is 40.2 Å². The molecule has 0 aliphatic heterocycles. The van der Waals surface area contributed by atoms with Crippen LogP contribution in [0, 0.1) is 0 Å². The van der Waals surface area contributed by atoms with Crippen LogP contribution in [0.25, 0.3) is 16.9 Å². The summed E-state index contributed by atoms with van der Waals surface area (Å²) in [7, 11) is 3.04. The van der Waals surface area contributed by atoms with Crippen LogP contribution in [0.4, 0.5) is 0 Å².